The van der Waals surface area contributed by atoms with Crippen LogP contribution in [0.25, 0.3) is 0 Å². The molecule has 1 heterocycles. The van der Waals surface area contributed by atoms with Crippen molar-refractivity contribution in [3.8, 4) is 0 Å². The van der Waals surface area contributed by atoms with Gasteiger partial charge in [-0.15, -0.1) is 0 Å². The summed E-state index contributed by atoms with van der Waals surface area (Å²) in [4.78, 5) is 25.1. The zero-order valence-corrected chi connectivity index (χ0v) is 11.7. The number of hydrogen-bond acceptors (Lipinski definition) is 3. The number of hydrogen-bond donors (Lipinski definition) is 2. The van der Waals surface area contributed by atoms with Gasteiger partial charge < -0.3 is 15.3 Å². The molecule has 1 fully saturated rings. The Labute approximate surface area is 109 Å². The van der Waals surface area contributed by atoms with E-state index in [1.807, 2.05) is 6.92 Å². The zero-order valence-electron chi connectivity index (χ0n) is 11.7. The fraction of sp³-hybridized carbons (Fsp3) is 0.846. The van der Waals surface area contributed by atoms with Crippen LogP contribution >= 0.6 is 0 Å². The second kappa shape index (κ2) is 5.69. The lowest BCUT2D eigenvalue weighted by Gasteiger charge is -2.20. The lowest BCUT2D eigenvalue weighted by atomic mass is 9.96. The normalized spacial score (nSPS) is 24.2. The number of rotatable bonds is 3. The summed E-state index contributed by atoms with van der Waals surface area (Å²) in [5.74, 6) is -0.0995. The summed E-state index contributed by atoms with van der Waals surface area (Å²) < 4.78 is 0. The van der Waals surface area contributed by atoms with E-state index in [1.165, 1.54) is 0 Å². The molecule has 0 bridgehead atoms. The van der Waals surface area contributed by atoms with E-state index in [4.69, 9.17) is 0 Å². The monoisotopic (exact) mass is 256 g/mol. The number of likely N-dealkylation sites (tertiary alicyclic amines) is 1. The van der Waals surface area contributed by atoms with E-state index in [1.54, 1.807) is 25.7 Å². The van der Waals surface area contributed by atoms with Gasteiger partial charge in [0.15, 0.2) is 0 Å². The molecular weight excluding hydrogens is 232 g/mol. The van der Waals surface area contributed by atoms with Crippen molar-refractivity contribution in [2.75, 3.05) is 19.6 Å². The first-order chi connectivity index (χ1) is 8.25. The number of nitrogens with zero attached hydrogens (tertiary/aromatic N) is 1. The Morgan fingerprint density at radius 3 is 2.39 bits per heavy atom. The highest BCUT2D eigenvalue weighted by atomic mass is 16.3. The van der Waals surface area contributed by atoms with E-state index < -0.39 is 11.5 Å². The number of aliphatic hydroxyl groups excluding tert-OH is 1. The van der Waals surface area contributed by atoms with Gasteiger partial charge in [0.05, 0.1) is 12.6 Å². The van der Waals surface area contributed by atoms with Gasteiger partial charge in [-0.25, -0.2) is 0 Å². The lowest BCUT2D eigenvalue weighted by molar-refractivity contribution is -0.134. The van der Waals surface area contributed by atoms with Gasteiger partial charge in [0, 0.05) is 24.4 Å². The van der Waals surface area contributed by atoms with Crippen LogP contribution < -0.4 is 5.32 Å². The Kier molecular flexibility index (Phi) is 4.73. The third-order valence-electron chi connectivity index (χ3n) is 3.36. The summed E-state index contributed by atoms with van der Waals surface area (Å²) in [6.07, 6.45) is 0.427. The molecule has 5 heteroatoms. The molecule has 2 amide bonds. The molecule has 1 aliphatic heterocycles. The predicted octanol–water partition coefficient (Wildman–Crippen LogP) is 0.378. The Morgan fingerprint density at radius 1 is 1.33 bits per heavy atom. The maximum Gasteiger partial charge on any atom is 0.242 e. The van der Waals surface area contributed by atoms with Crippen molar-refractivity contribution in [1.29, 1.82) is 0 Å². The molecule has 18 heavy (non-hydrogen) atoms. The number of amides is 2. The van der Waals surface area contributed by atoms with Gasteiger partial charge in [-0.1, -0.05) is 27.7 Å². The molecule has 0 saturated carbocycles. The molecule has 0 radical (unpaired) electrons. The first-order valence-electron chi connectivity index (χ1n) is 6.49. The molecule has 0 spiro atoms. The molecule has 1 rings (SSSR count). The van der Waals surface area contributed by atoms with Crippen LogP contribution in [0.1, 0.15) is 34.1 Å². The van der Waals surface area contributed by atoms with Gasteiger partial charge in [0.1, 0.15) is 0 Å². The number of carbonyl (C=O) groups is 2. The maximum absolute atomic E-state index is 11.9. The maximum atomic E-state index is 11.9. The molecule has 2 atom stereocenters. The zero-order chi connectivity index (χ0) is 13.9. The third-order valence-corrected chi connectivity index (χ3v) is 3.36. The Balaban J connectivity index is 2.41. The average Bonchev–Trinajstić information content (AvgIpc) is 2.65. The fourth-order valence-corrected chi connectivity index (χ4v) is 1.99. The van der Waals surface area contributed by atoms with Crippen LogP contribution in [-0.2, 0) is 9.59 Å². The number of aliphatic hydroxyl groups is 1. The van der Waals surface area contributed by atoms with Crippen LogP contribution in [-0.4, -0.2) is 47.6 Å². The van der Waals surface area contributed by atoms with E-state index in [0.29, 0.717) is 13.1 Å². The molecule has 2 N–H and O–H groups in total. The summed E-state index contributed by atoms with van der Waals surface area (Å²) in [6.45, 7) is 8.39. The van der Waals surface area contributed by atoms with Gasteiger partial charge in [-0.2, -0.15) is 0 Å². The summed E-state index contributed by atoms with van der Waals surface area (Å²) >= 11 is 0. The number of β-amino-alcohol motifs (C(OH)–C–C–N with tert-alkyl or cyclic N) is 1. The molecule has 5 nitrogen and oxygen atoms in total. The van der Waals surface area contributed by atoms with Crippen molar-refractivity contribution in [1.82, 2.24) is 10.2 Å². The standard InChI is InChI=1S/C13H24N2O3/c1-5-9-7-15(8-10(9)16)11(17)6-14-12(18)13(2,3)4/h9-10,16H,5-8H2,1-4H3,(H,14,18). The van der Waals surface area contributed by atoms with Crippen LogP contribution in [0.5, 0.6) is 0 Å². The highest BCUT2D eigenvalue weighted by Gasteiger charge is 2.33. The minimum Gasteiger partial charge on any atom is -0.391 e. The van der Waals surface area contributed by atoms with Crippen molar-refractivity contribution in [3.63, 3.8) is 0 Å². The highest BCUT2D eigenvalue weighted by Crippen LogP contribution is 2.19. The topological polar surface area (TPSA) is 69.6 Å². The fourth-order valence-electron chi connectivity index (χ4n) is 1.99. The third kappa shape index (κ3) is 3.70. The first kappa shape index (κ1) is 15.0. The molecular formula is C13H24N2O3. The number of nitrogens with one attached hydrogen (secondary N) is 1. The van der Waals surface area contributed by atoms with Gasteiger partial charge in [0.2, 0.25) is 11.8 Å². The summed E-state index contributed by atoms with van der Waals surface area (Å²) in [7, 11) is 0. The average molecular weight is 256 g/mol. The second-order valence-corrected chi connectivity index (χ2v) is 5.97. The van der Waals surface area contributed by atoms with Crippen molar-refractivity contribution >= 4 is 11.8 Å². The molecule has 0 aromatic heterocycles. The van der Waals surface area contributed by atoms with Gasteiger partial charge >= 0.3 is 0 Å². The Bertz CT molecular complexity index is 323. The van der Waals surface area contributed by atoms with E-state index >= 15 is 0 Å². The van der Waals surface area contributed by atoms with E-state index in [-0.39, 0.29) is 24.3 Å². The Morgan fingerprint density at radius 2 is 1.94 bits per heavy atom. The molecule has 0 aromatic carbocycles. The minimum atomic E-state index is -0.489. The SMILES string of the molecule is CCC1CN(C(=O)CNC(=O)C(C)(C)C)CC1O. The Hall–Kier alpha value is -1.10. The van der Waals surface area contributed by atoms with Crippen LogP contribution in [0.4, 0.5) is 0 Å². The smallest absolute Gasteiger partial charge is 0.242 e. The van der Waals surface area contributed by atoms with Gasteiger partial charge in [0.25, 0.3) is 0 Å². The molecule has 1 aliphatic rings. The second-order valence-electron chi connectivity index (χ2n) is 5.97. The van der Waals surface area contributed by atoms with E-state index in [0.717, 1.165) is 6.42 Å². The quantitative estimate of drug-likeness (QED) is 0.767. The van der Waals surface area contributed by atoms with Crippen molar-refractivity contribution in [3.05, 3.63) is 0 Å². The van der Waals surface area contributed by atoms with Crippen molar-refractivity contribution in [2.24, 2.45) is 11.3 Å². The largest absolute Gasteiger partial charge is 0.391 e. The summed E-state index contributed by atoms with van der Waals surface area (Å²) in [5.41, 5.74) is -0.489. The van der Waals surface area contributed by atoms with Crippen LogP contribution in [0, 0.1) is 11.3 Å². The first-order valence-corrected chi connectivity index (χ1v) is 6.49. The molecule has 2 unspecified atom stereocenters. The summed E-state index contributed by atoms with van der Waals surface area (Å²) in [5, 5.41) is 12.4. The van der Waals surface area contributed by atoms with Crippen molar-refractivity contribution < 1.29 is 14.7 Å². The van der Waals surface area contributed by atoms with E-state index in [2.05, 4.69) is 5.32 Å². The number of carbonyl (C=O) groups excluding carboxylic acids is 2. The molecule has 104 valence electrons. The molecule has 0 aliphatic carbocycles. The minimum absolute atomic E-state index is 0.0132. The lowest BCUT2D eigenvalue weighted by Crippen LogP contribution is -2.43. The summed E-state index contributed by atoms with van der Waals surface area (Å²) in [6, 6.07) is 0. The highest BCUT2D eigenvalue weighted by molar-refractivity contribution is 5.87. The van der Waals surface area contributed by atoms with Crippen molar-refractivity contribution in [2.45, 2.75) is 40.2 Å². The van der Waals surface area contributed by atoms with E-state index in [9.17, 15) is 14.7 Å². The molecule has 0 aromatic rings. The molecule has 1 saturated heterocycles. The van der Waals surface area contributed by atoms with Crippen LogP contribution in [0.2, 0.25) is 0 Å². The van der Waals surface area contributed by atoms with Gasteiger partial charge in [-0.3, -0.25) is 9.59 Å². The van der Waals surface area contributed by atoms with Gasteiger partial charge in [-0.05, 0) is 6.42 Å². The van der Waals surface area contributed by atoms with Crippen LogP contribution in [0.3, 0.4) is 0 Å². The predicted molar refractivity (Wildman–Crippen MR) is 68.8 cm³/mol. The van der Waals surface area contributed by atoms with Crippen LogP contribution in [0.15, 0.2) is 0 Å².